The van der Waals surface area contributed by atoms with Gasteiger partial charge in [-0.05, 0) is 23.3 Å². The molecule has 16 heavy (non-hydrogen) atoms. The van der Waals surface area contributed by atoms with E-state index in [4.69, 9.17) is 16.7 Å². The van der Waals surface area contributed by atoms with Crippen LogP contribution in [-0.4, -0.2) is 17.3 Å². The number of rotatable bonds is 3. The Morgan fingerprint density at radius 3 is 2.44 bits per heavy atom. The van der Waals surface area contributed by atoms with Gasteiger partial charge in [-0.15, -0.1) is 0 Å². The Balaban J connectivity index is 3.02. The van der Waals surface area contributed by atoms with Crippen LogP contribution in [0.3, 0.4) is 0 Å². The van der Waals surface area contributed by atoms with Crippen LogP contribution in [0.25, 0.3) is 0 Å². The number of hydrogen-bond donors (Lipinski definition) is 1. The molecular formula is C10H8ClF3O2. The van der Waals surface area contributed by atoms with E-state index in [2.05, 4.69) is 0 Å². The normalized spacial score (nSPS) is 11.5. The lowest BCUT2D eigenvalue weighted by atomic mass is 10.0. The third-order valence-corrected chi connectivity index (χ3v) is 2.14. The number of aliphatic carboxylic acids is 1. The quantitative estimate of drug-likeness (QED) is 0.898. The highest BCUT2D eigenvalue weighted by atomic mass is 35.5. The van der Waals surface area contributed by atoms with Crippen molar-refractivity contribution in [3.8, 4) is 0 Å². The topological polar surface area (TPSA) is 37.3 Å². The van der Waals surface area contributed by atoms with Crippen molar-refractivity contribution in [2.24, 2.45) is 0 Å². The van der Waals surface area contributed by atoms with Gasteiger partial charge in [0.25, 0.3) is 0 Å². The lowest BCUT2D eigenvalue weighted by Gasteiger charge is -2.10. The summed E-state index contributed by atoms with van der Waals surface area (Å²) < 4.78 is 36.5. The fraction of sp³-hybridized carbons (Fsp3) is 0.300. The molecular weight excluding hydrogens is 245 g/mol. The fourth-order valence-corrected chi connectivity index (χ4v) is 1.51. The minimum Gasteiger partial charge on any atom is -0.481 e. The summed E-state index contributed by atoms with van der Waals surface area (Å²) in [5.41, 5.74) is 0.0385. The van der Waals surface area contributed by atoms with Crippen LogP contribution in [0.5, 0.6) is 0 Å². The Morgan fingerprint density at radius 1 is 1.31 bits per heavy atom. The molecule has 0 spiro atoms. The summed E-state index contributed by atoms with van der Waals surface area (Å²) in [5, 5.41) is 8.78. The molecule has 1 N–H and O–H groups in total. The summed E-state index contributed by atoms with van der Waals surface area (Å²) >= 11 is 5.60. The number of carboxylic acids is 1. The van der Waals surface area contributed by atoms with Gasteiger partial charge in [-0.25, -0.2) is 0 Å². The zero-order valence-corrected chi connectivity index (χ0v) is 8.77. The van der Waals surface area contributed by atoms with E-state index in [0.717, 1.165) is 0 Å². The molecule has 1 aromatic carbocycles. The highest BCUT2D eigenvalue weighted by Gasteiger charge is 2.29. The Kier molecular flexibility index (Phi) is 3.80. The second kappa shape index (κ2) is 4.74. The first kappa shape index (κ1) is 12.8. The average Bonchev–Trinajstić information content (AvgIpc) is 2.06. The SMILES string of the molecule is O=C(O)Cc1cc(Cl)ccc1CC(F)(F)F. The largest absolute Gasteiger partial charge is 0.481 e. The Morgan fingerprint density at radius 2 is 1.94 bits per heavy atom. The Hall–Kier alpha value is -1.23. The van der Waals surface area contributed by atoms with Gasteiger partial charge in [0.05, 0.1) is 12.8 Å². The Bertz CT molecular complexity index is 402. The van der Waals surface area contributed by atoms with Crippen molar-refractivity contribution in [1.29, 1.82) is 0 Å². The van der Waals surface area contributed by atoms with Gasteiger partial charge >= 0.3 is 12.1 Å². The molecule has 0 bridgehead atoms. The van der Waals surface area contributed by atoms with Gasteiger partial charge in [0, 0.05) is 5.02 Å². The fourth-order valence-electron chi connectivity index (χ4n) is 1.31. The second-order valence-corrected chi connectivity index (χ2v) is 3.71. The lowest BCUT2D eigenvalue weighted by Crippen LogP contribution is -2.14. The molecule has 0 saturated carbocycles. The molecule has 0 atom stereocenters. The van der Waals surface area contributed by atoms with Gasteiger partial charge in [0.15, 0.2) is 0 Å². The van der Waals surface area contributed by atoms with Gasteiger partial charge in [0.1, 0.15) is 0 Å². The van der Waals surface area contributed by atoms with Crippen molar-refractivity contribution in [1.82, 2.24) is 0 Å². The number of hydrogen-bond acceptors (Lipinski definition) is 1. The molecule has 88 valence electrons. The smallest absolute Gasteiger partial charge is 0.393 e. The van der Waals surface area contributed by atoms with Crippen LogP contribution < -0.4 is 0 Å². The molecule has 0 aliphatic carbocycles. The van der Waals surface area contributed by atoms with Crippen molar-refractivity contribution < 1.29 is 23.1 Å². The van der Waals surface area contributed by atoms with Crippen molar-refractivity contribution in [3.63, 3.8) is 0 Å². The summed E-state index contributed by atoms with van der Waals surface area (Å²) in [6, 6.07) is 3.76. The summed E-state index contributed by atoms with van der Waals surface area (Å²) in [4.78, 5) is 10.5. The number of carboxylic acid groups (broad SMARTS) is 1. The molecule has 0 unspecified atom stereocenters. The first-order valence-electron chi connectivity index (χ1n) is 4.34. The molecule has 0 aliphatic rings. The highest BCUT2D eigenvalue weighted by Crippen LogP contribution is 2.25. The molecule has 0 amide bonds. The summed E-state index contributed by atoms with van der Waals surface area (Å²) in [6.07, 6.45) is -5.97. The predicted octanol–water partition coefficient (Wildman–Crippen LogP) is 3.07. The third-order valence-electron chi connectivity index (χ3n) is 1.90. The highest BCUT2D eigenvalue weighted by molar-refractivity contribution is 6.30. The predicted molar refractivity (Wildman–Crippen MR) is 52.6 cm³/mol. The van der Waals surface area contributed by atoms with Crippen LogP contribution >= 0.6 is 11.6 Å². The number of carbonyl (C=O) groups is 1. The van der Waals surface area contributed by atoms with Gasteiger partial charge in [-0.3, -0.25) is 4.79 Å². The van der Waals surface area contributed by atoms with Crippen LogP contribution in [-0.2, 0) is 17.6 Å². The van der Waals surface area contributed by atoms with E-state index in [0.29, 0.717) is 0 Å². The van der Waals surface area contributed by atoms with Crippen LogP contribution in [0.4, 0.5) is 13.2 Å². The van der Waals surface area contributed by atoms with E-state index in [-0.39, 0.29) is 16.1 Å². The maximum Gasteiger partial charge on any atom is 0.393 e. The maximum atomic E-state index is 12.2. The van der Waals surface area contributed by atoms with Crippen molar-refractivity contribution in [2.45, 2.75) is 19.0 Å². The molecule has 6 heteroatoms. The van der Waals surface area contributed by atoms with Crippen molar-refractivity contribution >= 4 is 17.6 Å². The molecule has 0 aliphatic heterocycles. The summed E-state index contributed by atoms with van der Waals surface area (Å²) in [7, 11) is 0. The van der Waals surface area contributed by atoms with Crippen LogP contribution in [0.2, 0.25) is 5.02 Å². The summed E-state index contributed by atoms with van der Waals surface area (Å²) in [6.45, 7) is 0. The number of benzene rings is 1. The van der Waals surface area contributed by atoms with E-state index in [9.17, 15) is 18.0 Å². The molecule has 0 heterocycles. The minimum atomic E-state index is -4.36. The van der Waals surface area contributed by atoms with E-state index in [1.165, 1.54) is 18.2 Å². The van der Waals surface area contributed by atoms with E-state index in [1.54, 1.807) is 0 Å². The lowest BCUT2D eigenvalue weighted by molar-refractivity contribution is -0.136. The van der Waals surface area contributed by atoms with E-state index in [1.807, 2.05) is 0 Å². The molecule has 1 aromatic rings. The monoisotopic (exact) mass is 252 g/mol. The molecule has 0 saturated heterocycles. The molecule has 2 nitrogen and oxygen atoms in total. The first-order chi connectivity index (χ1) is 7.28. The van der Waals surface area contributed by atoms with Gasteiger partial charge < -0.3 is 5.11 Å². The zero-order valence-electron chi connectivity index (χ0n) is 8.01. The van der Waals surface area contributed by atoms with Gasteiger partial charge in [-0.1, -0.05) is 17.7 Å². The molecule has 1 rings (SSSR count). The van der Waals surface area contributed by atoms with Crippen LogP contribution in [0.15, 0.2) is 18.2 Å². The van der Waals surface area contributed by atoms with Crippen molar-refractivity contribution in [3.05, 3.63) is 34.3 Å². The van der Waals surface area contributed by atoms with Gasteiger partial charge in [0.2, 0.25) is 0 Å². The number of halogens is 4. The average molecular weight is 253 g/mol. The van der Waals surface area contributed by atoms with Gasteiger partial charge in [-0.2, -0.15) is 13.2 Å². The zero-order chi connectivity index (χ0) is 12.3. The standard InChI is InChI=1S/C10H8ClF3O2/c11-8-2-1-6(5-10(12,13)14)7(3-8)4-9(15)16/h1-3H,4-5H2,(H,15,16). The molecule has 0 fully saturated rings. The first-order valence-corrected chi connectivity index (χ1v) is 4.71. The Labute approximate surface area is 94.6 Å². The third kappa shape index (κ3) is 4.10. The molecule has 0 aromatic heterocycles. The van der Waals surface area contributed by atoms with Crippen LogP contribution in [0, 0.1) is 0 Å². The minimum absolute atomic E-state index is 0.0562. The van der Waals surface area contributed by atoms with E-state index >= 15 is 0 Å². The second-order valence-electron chi connectivity index (χ2n) is 3.28. The number of alkyl halides is 3. The maximum absolute atomic E-state index is 12.2. The van der Waals surface area contributed by atoms with Crippen molar-refractivity contribution in [2.75, 3.05) is 0 Å². The van der Waals surface area contributed by atoms with E-state index < -0.39 is 25.0 Å². The van der Waals surface area contributed by atoms with Crippen LogP contribution in [0.1, 0.15) is 11.1 Å². The molecule has 0 radical (unpaired) electrons. The summed E-state index contributed by atoms with van der Waals surface area (Å²) in [5.74, 6) is -1.19.